The number of nitriles is 1. The average molecular weight is 409 g/mol. The first kappa shape index (κ1) is 21.2. The molecule has 0 radical (unpaired) electrons. The average Bonchev–Trinajstić information content (AvgIpc) is 3.10. The van der Waals surface area contributed by atoms with Crippen molar-refractivity contribution in [2.45, 2.75) is 46.6 Å². The van der Waals surface area contributed by atoms with E-state index >= 15 is 0 Å². The Morgan fingerprint density at radius 1 is 1.37 bits per heavy atom. The molecule has 1 aromatic carbocycles. The Morgan fingerprint density at radius 2 is 2.10 bits per heavy atom. The number of rotatable bonds is 6. The summed E-state index contributed by atoms with van der Waals surface area (Å²) in [5.74, 6) is -0.495. The summed E-state index contributed by atoms with van der Waals surface area (Å²) in [7, 11) is 1.40. The van der Waals surface area contributed by atoms with Gasteiger partial charge in [-0.1, -0.05) is 0 Å². The Kier molecular flexibility index (Phi) is 6.01. The van der Waals surface area contributed by atoms with Crippen LogP contribution in [0.3, 0.4) is 0 Å². The standard InChI is InChI=1S/C22H24FN5O2/c1-13(2)27(17-6-8-20(30-5)19(23)10-17)21(29)9-7-18-14(3)26-22-16(11-24)12-25-28(22)15(18)4/h6,8,10,12-13H,7,9H2,1-5H3. The van der Waals surface area contributed by atoms with Crippen molar-refractivity contribution in [1.29, 1.82) is 5.26 Å². The van der Waals surface area contributed by atoms with Gasteiger partial charge in [-0.3, -0.25) is 4.79 Å². The lowest BCUT2D eigenvalue weighted by Crippen LogP contribution is -2.37. The van der Waals surface area contributed by atoms with Crippen LogP contribution in [0.4, 0.5) is 10.1 Å². The second-order valence-electron chi connectivity index (χ2n) is 7.34. The lowest BCUT2D eigenvalue weighted by molar-refractivity contribution is -0.118. The summed E-state index contributed by atoms with van der Waals surface area (Å²) < 4.78 is 20.8. The van der Waals surface area contributed by atoms with Crippen LogP contribution in [-0.4, -0.2) is 33.7 Å². The number of aromatic nitrogens is 3. The van der Waals surface area contributed by atoms with Crippen molar-refractivity contribution < 1.29 is 13.9 Å². The number of hydrogen-bond acceptors (Lipinski definition) is 5. The summed E-state index contributed by atoms with van der Waals surface area (Å²) in [5, 5.41) is 13.4. The largest absolute Gasteiger partial charge is 0.494 e. The molecule has 0 spiro atoms. The minimum atomic E-state index is -0.512. The third kappa shape index (κ3) is 3.83. The Balaban J connectivity index is 1.86. The monoisotopic (exact) mass is 409 g/mol. The number of amides is 1. The zero-order valence-electron chi connectivity index (χ0n) is 17.7. The van der Waals surface area contributed by atoms with Crippen LogP contribution in [0.2, 0.25) is 0 Å². The van der Waals surface area contributed by atoms with E-state index in [1.165, 1.54) is 25.4 Å². The molecular formula is C22H24FN5O2. The quantitative estimate of drug-likeness (QED) is 0.619. The van der Waals surface area contributed by atoms with E-state index in [0.29, 0.717) is 23.3 Å². The normalized spacial score (nSPS) is 11.0. The topological polar surface area (TPSA) is 83.5 Å². The van der Waals surface area contributed by atoms with Crippen molar-refractivity contribution >= 4 is 17.2 Å². The number of carbonyl (C=O) groups excluding carboxylic acids is 1. The zero-order valence-corrected chi connectivity index (χ0v) is 17.7. The van der Waals surface area contributed by atoms with Gasteiger partial charge in [-0.25, -0.2) is 13.9 Å². The molecule has 0 aliphatic heterocycles. The maximum atomic E-state index is 14.2. The minimum Gasteiger partial charge on any atom is -0.494 e. The second kappa shape index (κ2) is 8.49. The highest BCUT2D eigenvalue weighted by atomic mass is 19.1. The lowest BCUT2D eigenvalue weighted by Gasteiger charge is -2.27. The molecule has 0 saturated carbocycles. The van der Waals surface area contributed by atoms with Gasteiger partial charge in [0.1, 0.15) is 11.6 Å². The number of nitrogens with zero attached hydrogens (tertiary/aromatic N) is 5. The van der Waals surface area contributed by atoms with Gasteiger partial charge in [0, 0.05) is 35.6 Å². The molecule has 0 fully saturated rings. The van der Waals surface area contributed by atoms with Crippen LogP contribution in [-0.2, 0) is 11.2 Å². The molecule has 3 aromatic rings. The Labute approximate surface area is 174 Å². The van der Waals surface area contributed by atoms with Crippen molar-refractivity contribution in [3.8, 4) is 11.8 Å². The predicted octanol–water partition coefficient (Wildman–Crippen LogP) is 3.74. The number of benzene rings is 1. The molecule has 8 heteroatoms. The van der Waals surface area contributed by atoms with Crippen LogP contribution in [0, 0.1) is 31.0 Å². The molecule has 0 N–H and O–H groups in total. The SMILES string of the molecule is COc1ccc(N(C(=O)CCc2c(C)nc3c(C#N)cnn3c2C)C(C)C)cc1F. The number of carbonyl (C=O) groups is 1. The van der Waals surface area contributed by atoms with E-state index in [2.05, 4.69) is 16.2 Å². The van der Waals surface area contributed by atoms with Gasteiger partial charge in [0.2, 0.25) is 5.91 Å². The van der Waals surface area contributed by atoms with Crippen LogP contribution in [0.25, 0.3) is 5.65 Å². The summed E-state index contributed by atoms with van der Waals surface area (Å²) in [6.07, 6.45) is 2.18. The number of halogens is 1. The molecule has 0 aliphatic rings. The van der Waals surface area contributed by atoms with E-state index in [1.807, 2.05) is 27.7 Å². The van der Waals surface area contributed by atoms with Crippen LogP contribution in [0.1, 0.15) is 42.8 Å². The van der Waals surface area contributed by atoms with Crippen LogP contribution in [0.5, 0.6) is 5.75 Å². The Hall–Kier alpha value is -3.47. The highest BCUT2D eigenvalue weighted by Gasteiger charge is 2.22. The van der Waals surface area contributed by atoms with Crippen molar-refractivity contribution in [3.63, 3.8) is 0 Å². The van der Waals surface area contributed by atoms with E-state index in [0.717, 1.165) is 17.0 Å². The number of ether oxygens (including phenoxy) is 1. The fourth-order valence-corrected chi connectivity index (χ4v) is 3.64. The molecule has 0 unspecified atom stereocenters. The fourth-order valence-electron chi connectivity index (χ4n) is 3.64. The highest BCUT2D eigenvalue weighted by Crippen LogP contribution is 2.26. The molecular weight excluding hydrogens is 385 g/mol. The minimum absolute atomic E-state index is 0.119. The second-order valence-corrected chi connectivity index (χ2v) is 7.34. The third-order valence-corrected chi connectivity index (χ3v) is 5.12. The fraction of sp³-hybridized carbons (Fsp3) is 0.364. The lowest BCUT2D eigenvalue weighted by atomic mass is 10.0. The number of methoxy groups -OCH3 is 1. The molecule has 0 atom stereocenters. The van der Waals surface area contributed by atoms with Gasteiger partial charge in [0.15, 0.2) is 17.2 Å². The Bertz CT molecular complexity index is 1150. The van der Waals surface area contributed by atoms with Gasteiger partial charge in [0.05, 0.1) is 13.3 Å². The van der Waals surface area contributed by atoms with Crippen molar-refractivity contribution in [2.24, 2.45) is 0 Å². The smallest absolute Gasteiger partial charge is 0.227 e. The zero-order chi connectivity index (χ0) is 22.0. The first-order valence-electron chi connectivity index (χ1n) is 9.68. The van der Waals surface area contributed by atoms with Gasteiger partial charge in [-0.2, -0.15) is 10.4 Å². The number of hydrogen-bond donors (Lipinski definition) is 0. The Morgan fingerprint density at radius 3 is 2.70 bits per heavy atom. The van der Waals surface area contributed by atoms with E-state index in [4.69, 9.17) is 4.74 Å². The van der Waals surface area contributed by atoms with Crippen LogP contribution < -0.4 is 9.64 Å². The molecule has 3 rings (SSSR count). The summed E-state index contributed by atoms with van der Waals surface area (Å²) in [6.45, 7) is 7.53. The number of anilines is 1. The van der Waals surface area contributed by atoms with Crippen LogP contribution in [0.15, 0.2) is 24.4 Å². The van der Waals surface area contributed by atoms with Gasteiger partial charge < -0.3 is 9.64 Å². The van der Waals surface area contributed by atoms with Crippen molar-refractivity contribution in [2.75, 3.05) is 12.0 Å². The molecule has 2 heterocycles. The highest BCUT2D eigenvalue weighted by molar-refractivity contribution is 5.94. The summed E-state index contributed by atoms with van der Waals surface area (Å²) in [4.78, 5) is 19.1. The van der Waals surface area contributed by atoms with Crippen LogP contribution >= 0.6 is 0 Å². The van der Waals surface area contributed by atoms with Gasteiger partial charge in [-0.05, 0) is 51.8 Å². The first-order chi connectivity index (χ1) is 14.3. The van der Waals surface area contributed by atoms with Gasteiger partial charge in [-0.15, -0.1) is 0 Å². The molecule has 2 aromatic heterocycles. The van der Waals surface area contributed by atoms with Gasteiger partial charge in [0.25, 0.3) is 0 Å². The molecule has 1 amide bonds. The molecule has 0 aliphatic carbocycles. The predicted molar refractivity (Wildman–Crippen MR) is 111 cm³/mol. The first-order valence-corrected chi connectivity index (χ1v) is 9.68. The van der Waals surface area contributed by atoms with E-state index in [1.54, 1.807) is 15.5 Å². The van der Waals surface area contributed by atoms with E-state index in [9.17, 15) is 14.4 Å². The summed E-state index contributed by atoms with van der Waals surface area (Å²) >= 11 is 0. The summed E-state index contributed by atoms with van der Waals surface area (Å²) in [5.41, 5.74) is 3.93. The molecule has 30 heavy (non-hydrogen) atoms. The molecule has 0 saturated heterocycles. The maximum Gasteiger partial charge on any atom is 0.227 e. The molecule has 7 nitrogen and oxygen atoms in total. The van der Waals surface area contributed by atoms with Crippen molar-refractivity contribution in [3.05, 3.63) is 52.7 Å². The maximum absolute atomic E-state index is 14.2. The van der Waals surface area contributed by atoms with E-state index in [-0.39, 0.29) is 24.1 Å². The molecule has 156 valence electrons. The van der Waals surface area contributed by atoms with Gasteiger partial charge >= 0.3 is 0 Å². The van der Waals surface area contributed by atoms with E-state index < -0.39 is 5.82 Å². The number of fused-ring (bicyclic) bond motifs is 1. The number of aryl methyl sites for hydroxylation is 2. The summed E-state index contributed by atoms with van der Waals surface area (Å²) in [6, 6.07) is 6.45. The molecule has 0 bridgehead atoms. The van der Waals surface area contributed by atoms with Crippen molar-refractivity contribution in [1.82, 2.24) is 14.6 Å². The third-order valence-electron chi connectivity index (χ3n) is 5.12.